The number of hydrogen-bond donors (Lipinski definition) is 0. The van der Waals surface area contributed by atoms with E-state index in [1.54, 1.807) is 6.92 Å². The minimum Gasteiger partial charge on any atom is -0.274 e. The van der Waals surface area contributed by atoms with Gasteiger partial charge in [0.2, 0.25) is 11.8 Å². The first-order chi connectivity index (χ1) is 8.91. The highest BCUT2D eigenvalue weighted by molar-refractivity contribution is 6.20. The van der Waals surface area contributed by atoms with Crippen molar-refractivity contribution in [2.45, 2.75) is 38.9 Å². The molecule has 19 heavy (non-hydrogen) atoms. The molecule has 2 radical (unpaired) electrons. The van der Waals surface area contributed by atoms with Crippen LogP contribution in [0.1, 0.15) is 38.7 Å². The van der Waals surface area contributed by atoms with E-state index in [4.69, 9.17) is 7.85 Å². The van der Waals surface area contributed by atoms with Crippen molar-refractivity contribution in [2.24, 2.45) is 5.92 Å². The standard InChI is InChI=1S/C15H18BNO2/c1-9-8-14(18)17(15(9)19)13-6-4-12(5-7-13)10(2)11(3)16/h4-7,9-11H,8H2,1-3H3. The molecule has 0 aromatic heterocycles. The van der Waals surface area contributed by atoms with E-state index in [1.165, 1.54) is 4.90 Å². The zero-order valence-corrected chi connectivity index (χ0v) is 11.6. The van der Waals surface area contributed by atoms with Gasteiger partial charge < -0.3 is 0 Å². The van der Waals surface area contributed by atoms with Crippen LogP contribution in [0.3, 0.4) is 0 Å². The topological polar surface area (TPSA) is 37.4 Å². The first-order valence-electron chi connectivity index (χ1n) is 6.64. The molecule has 0 spiro atoms. The third-order valence-electron chi connectivity index (χ3n) is 3.84. The molecule has 3 atom stereocenters. The molecule has 3 unspecified atom stereocenters. The van der Waals surface area contributed by atoms with Gasteiger partial charge in [-0.1, -0.05) is 38.7 Å². The predicted octanol–water partition coefficient (Wildman–Crippen LogP) is 2.67. The highest BCUT2D eigenvalue weighted by Gasteiger charge is 2.36. The second-order valence-corrected chi connectivity index (χ2v) is 5.41. The Morgan fingerprint density at radius 3 is 2.21 bits per heavy atom. The lowest BCUT2D eigenvalue weighted by atomic mass is 9.76. The van der Waals surface area contributed by atoms with Crippen molar-refractivity contribution in [3.05, 3.63) is 29.8 Å². The highest BCUT2D eigenvalue weighted by atomic mass is 16.2. The minimum absolute atomic E-state index is 0.0703. The van der Waals surface area contributed by atoms with E-state index in [9.17, 15) is 9.59 Å². The summed E-state index contributed by atoms with van der Waals surface area (Å²) in [5.41, 5.74) is 1.77. The average molecular weight is 255 g/mol. The summed E-state index contributed by atoms with van der Waals surface area (Å²) in [6.45, 7) is 5.81. The molecule has 98 valence electrons. The molecular weight excluding hydrogens is 237 g/mol. The van der Waals surface area contributed by atoms with E-state index >= 15 is 0 Å². The van der Waals surface area contributed by atoms with Crippen molar-refractivity contribution >= 4 is 25.3 Å². The van der Waals surface area contributed by atoms with Gasteiger partial charge in [0.1, 0.15) is 0 Å². The average Bonchev–Trinajstić information content (AvgIpc) is 2.62. The molecule has 0 bridgehead atoms. The lowest BCUT2D eigenvalue weighted by Crippen LogP contribution is -2.29. The van der Waals surface area contributed by atoms with Crippen molar-refractivity contribution in [1.82, 2.24) is 0 Å². The van der Waals surface area contributed by atoms with Crippen molar-refractivity contribution < 1.29 is 9.59 Å². The molecule has 1 fully saturated rings. The molecule has 1 aromatic carbocycles. The molecule has 4 heteroatoms. The molecule has 1 aromatic rings. The van der Waals surface area contributed by atoms with Crippen LogP contribution in [0, 0.1) is 5.92 Å². The summed E-state index contributed by atoms with van der Waals surface area (Å²) in [6.07, 6.45) is 0.302. The number of anilines is 1. The quantitative estimate of drug-likeness (QED) is 0.615. The number of carbonyl (C=O) groups excluding carboxylic acids is 2. The molecule has 1 heterocycles. The number of rotatable bonds is 3. The molecule has 1 aliphatic heterocycles. The minimum atomic E-state index is -0.213. The van der Waals surface area contributed by atoms with Gasteiger partial charge in [0.05, 0.1) is 13.5 Å². The van der Waals surface area contributed by atoms with Gasteiger partial charge in [-0.15, -0.1) is 0 Å². The fourth-order valence-corrected chi connectivity index (χ4v) is 2.29. The van der Waals surface area contributed by atoms with E-state index in [2.05, 4.69) is 6.92 Å². The van der Waals surface area contributed by atoms with Gasteiger partial charge in [-0.3, -0.25) is 14.5 Å². The van der Waals surface area contributed by atoms with Crippen molar-refractivity contribution in [3.8, 4) is 0 Å². The van der Waals surface area contributed by atoms with Crippen LogP contribution in [0.4, 0.5) is 5.69 Å². The Labute approximate surface area is 115 Å². The lowest BCUT2D eigenvalue weighted by molar-refractivity contribution is -0.122. The maximum atomic E-state index is 11.9. The lowest BCUT2D eigenvalue weighted by Gasteiger charge is -2.19. The van der Waals surface area contributed by atoms with Gasteiger partial charge in [-0.2, -0.15) is 0 Å². The largest absolute Gasteiger partial charge is 0.274 e. The zero-order chi connectivity index (χ0) is 14.2. The maximum absolute atomic E-state index is 11.9. The van der Waals surface area contributed by atoms with Crippen LogP contribution < -0.4 is 4.90 Å². The third-order valence-corrected chi connectivity index (χ3v) is 3.84. The summed E-state index contributed by atoms with van der Waals surface area (Å²) in [7, 11) is 5.87. The van der Waals surface area contributed by atoms with Gasteiger partial charge in [-0.05, 0) is 23.6 Å². The number of imide groups is 1. The number of benzene rings is 1. The summed E-state index contributed by atoms with van der Waals surface area (Å²) < 4.78 is 0. The fourth-order valence-electron chi connectivity index (χ4n) is 2.29. The normalized spacial score (nSPS) is 22.7. The number of amides is 2. The molecule has 2 rings (SSSR count). The third kappa shape index (κ3) is 2.58. The number of hydrogen-bond acceptors (Lipinski definition) is 2. The van der Waals surface area contributed by atoms with Gasteiger partial charge in [0.15, 0.2) is 0 Å². The van der Waals surface area contributed by atoms with Crippen LogP contribution in [0.15, 0.2) is 24.3 Å². The van der Waals surface area contributed by atoms with Crippen LogP contribution in [0.25, 0.3) is 0 Å². The summed E-state index contributed by atoms with van der Waals surface area (Å²) >= 11 is 0. The Balaban J connectivity index is 2.24. The molecule has 1 aliphatic rings. The Kier molecular flexibility index (Phi) is 3.79. The van der Waals surface area contributed by atoms with Crippen molar-refractivity contribution in [3.63, 3.8) is 0 Å². The van der Waals surface area contributed by atoms with Gasteiger partial charge in [-0.25, -0.2) is 0 Å². The smallest absolute Gasteiger partial charge is 0.237 e. The first kappa shape index (κ1) is 13.8. The van der Waals surface area contributed by atoms with Crippen LogP contribution in [-0.4, -0.2) is 19.7 Å². The second kappa shape index (κ2) is 5.20. The molecule has 0 aliphatic carbocycles. The van der Waals surface area contributed by atoms with Gasteiger partial charge in [0, 0.05) is 12.3 Å². The summed E-state index contributed by atoms with van der Waals surface area (Å²) in [5, 5.41) is 0. The summed E-state index contributed by atoms with van der Waals surface area (Å²) in [5.74, 6) is -0.127. The van der Waals surface area contributed by atoms with E-state index in [0.717, 1.165) is 5.56 Å². The molecule has 2 amide bonds. The van der Waals surface area contributed by atoms with Crippen LogP contribution in [0.2, 0.25) is 5.82 Å². The molecule has 0 saturated carbocycles. The van der Waals surface area contributed by atoms with Gasteiger partial charge in [0.25, 0.3) is 0 Å². The highest BCUT2D eigenvalue weighted by Crippen LogP contribution is 2.30. The fraction of sp³-hybridized carbons (Fsp3) is 0.467. The molecule has 0 N–H and O–H groups in total. The maximum Gasteiger partial charge on any atom is 0.237 e. The van der Waals surface area contributed by atoms with E-state index in [0.29, 0.717) is 12.1 Å². The Bertz CT molecular complexity index is 495. The van der Waals surface area contributed by atoms with E-state index in [1.807, 2.05) is 31.2 Å². The van der Waals surface area contributed by atoms with Crippen molar-refractivity contribution in [2.75, 3.05) is 4.90 Å². The van der Waals surface area contributed by atoms with Crippen LogP contribution >= 0.6 is 0 Å². The summed E-state index contributed by atoms with van der Waals surface area (Å²) in [6, 6.07) is 7.52. The van der Waals surface area contributed by atoms with E-state index in [-0.39, 0.29) is 29.5 Å². The zero-order valence-electron chi connectivity index (χ0n) is 11.6. The van der Waals surface area contributed by atoms with Crippen LogP contribution in [0.5, 0.6) is 0 Å². The SMILES string of the molecule is [B]C(C)C(C)c1ccc(N2C(=O)CC(C)C2=O)cc1. The number of carbonyl (C=O) groups is 2. The second-order valence-electron chi connectivity index (χ2n) is 5.41. The molecular formula is C15H18BNO2. The first-order valence-corrected chi connectivity index (χ1v) is 6.64. The Hall–Kier alpha value is -1.58. The van der Waals surface area contributed by atoms with Crippen molar-refractivity contribution in [1.29, 1.82) is 0 Å². The van der Waals surface area contributed by atoms with Gasteiger partial charge >= 0.3 is 0 Å². The Morgan fingerprint density at radius 1 is 1.21 bits per heavy atom. The number of nitrogens with zero attached hydrogens (tertiary/aromatic N) is 1. The Morgan fingerprint density at radius 2 is 1.79 bits per heavy atom. The predicted molar refractivity (Wildman–Crippen MR) is 76.3 cm³/mol. The van der Waals surface area contributed by atoms with E-state index < -0.39 is 0 Å². The summed E-state index contributed by atoms with van der Waals surface area (Å²) in [4.78, 5) is 25.0. The monoisotopic (exact) mass is 255 g/mol. The molecule has 1 saturated heterocycles. The molecule has 3 nitrogen and oxygen atoms in total. The van der Waals surface area contributed by atoms with Crippen LogP contribution in [-0.2, 0) is 9.59 Å².